The Hall–Kier alpha value is -4.36. The Morgan fingerprint density at radius 1 is 1.10 bits per heavy atom. The number of nitrogens with two attached hydrogens (primary N) is 1. The van der Waals surface area contributed by atoms with Crippen LogP contribution in [0.4, 0.5) is 37.2 Å². The molecule has 6 heterocycles. The summed E-state index contributed by atoms with van der Waals surface area (Å²) >= 11 is 0.693. The molecule has 8 rings (SSSR count). The van der Waals surface area contributed by atoms with Gasteiger partial charge in [-0.15, -0.1) is 11.3 Å². The van der Waals surface area contributed by atoms with Crippen LogP contribution < -0.4 is 15.4 Å². The molecule has 4 aliphatic rings. The third-order valence-corrected chi connectivity index (χ3v) is 10.9. The van der Waals surface area contributed by atoms with Crippen molar-refractivity contribution in [1.29, 1.82) is 5.26 Å². The summed E-state index contributed by atoms with van der Waals surface area (Å²) in [4.78, 5) is 26.2. The van der Waals surface area contributed by atoms with Crippen LogP contribution in [0.25, 0.3) is 32.1 Å². The number of nitrogens with zero attached hydrogens (tertiary/aromatic N) is 6. The number of fused-ring (bicyclic) bond motifs is 4. The van der Waals surface area contributed by atoms with Gasteiger partial charge in [0.2, 0.25) is 5.91 Å². The number of hydrogen-bond acceptors (Lipinski definition) is 9. The number of rotatable bonds is 3. The van der Waals surface area contributed by atoms with Crippen LogP contribution in [0.2, 0.25) is 0 Å². The van der Waals surface area contributed by atoms with E-state index in [0.717, 1.165) is 31.2 Å². The fourth-order valence-corrected chi connectivity index (χ4v) is 8.55. The molecule has 258 valence electrons. The summed E-state index contributed by atoms with van der Waals surface area (Å²) in [6.07, 6.45) is -1.26. The van der Waals surface area contributed by atoms with Crippen LogP contribution >= 0.6 is 11.3 Å². The lowest BCUT2D eigenvalue weighted by Gasteiger charge is -2.38. The molecule has 49 heavy (non-hydrogen) atoms. The fourth-order valence-electron chi connectivity index (χ4n) is 7.60. The van der Waals surface area contributed by atoms with Crippen LogP contribution in [-0.2, 0) is 11.0 Å². The van der Waals surface area contributed by atoms with E-state index in [1.165, 1.54) is 20.0 Å². The first-order valence-electron chi connectivity index (χ1n) is 15.9. The number of halogens is 6. The molecule has 16 heteroatoms. The largest absolute Gasteiger partial charge is 0.467 e. The molecule has 4 fully saturated rings. The minimum Gasteiger partial charge on any atom is -0.467 e. The highest BCUT2D eigenvalue weighted by atomic mass is 32.1. The average molecular weight is 704 g/mol. The van der Waals surface area contributed by atoms with Crippen LogP contribution in [0.1, 0.15) is 43.2 Å². The van der Waals surface area contributed by atoms with E-state index in [2.05, 4.69) is 14.9 Å². The molecule has 4 aromatic rings. The Bertz CT molecular complexity index is 2000. The number of benzene rings is 2. The second-order valence-electron chi connectivity index (χ2n) is 12.6. The van der Waals surface area contributed by atoms with Crippen molar-refractivity contribution >= 4 is 49.1 Å². The first-order valence-corrected chi connectivity index (χ1v) is 16.7. The van der Waals surface area contributed by atoms with Crippen LogP contribution in [0.5, 0.6) is 6.01 Å². The van der Waals surface area contributed by atoms with Gasteiger partial charge in [-0.1, -0.05) is 6.07 Å². The second-order valence-corrected chi connectivity index (χ2v) is 13.7. The number of carbonyl (C=O) groups is 1. The predicted molar refractivity (Wildman–Crippen MR) is 172 cm³/mol. The monoisotopic (exact) mass is 703 g/mol. The minimum atomic E-state index is -5.05. The molecule has 2 aromatic carbocycles. The van der Waals surface area contributed by atoms with E-state index in [0.29, 0.717) is 49.9 Å². The van der Waals surface area contributed by atoms with Gasteiger partial charge >= 0.3 is 12.2 Å². The summed E-state index contributed by atoms with van der Waals surface area (Å²) in [7, 11) is 1.25. The molecule has 4 aliphatic heterocycles. The zero-order valence-electron chi connectivity index (χ0n) is 26.3. The molecule has 9 nitrogen and oxygen atoms in total. The van der Waals surface area contributed by atoms with Crippen LogP contribution in [-0.4, -0.2) is 83.8 Å². The van der Waals surface area contributed by atoms with Gasteiger partial charge in [0, 0.05) is 61.0 Å². The number of alkyl halides is 4. The van der Waals surface area contributed by atoms with E-state index >= 15 is 4.39 Å². The van der Waals surface area contributed by atoms with E-state index in [-0.39, 0.29) is 61.9 Å². The topological polar surface area (TPSA) is 112 Å². The van der Waals surface area contributed by atoms with Gasteiger partial charge in [0.25, 0.3) is 0 Å². The molecule has 0 aliphatic carbocycles. The number of anilines is 2. The van der Waals surface area contributed by atoms with Crippen molar-refractivity contribution in [3.05, 3.63) is 41.0 Å². The van der Waals surface area contributed by atoms with Gasteiger partial charge in [0.15, 0.2) is 5.82 Å². The predicted octanol–water partition coefficient (Wildman–Crippen LogP) is 6.27. The fraction of sp³-hybridized carbons (Fsp3) is 0.455. The molecule has 0 radical (unpaired) electrons. The number of nitriles is 1. The highest BCUT2D eigenvalue weighted by Crippen LogP contribution is 2.48. The number of methoxy groups -OCH3 is 1. The zero-order valence-corrected chi connectivity index (χ0v) is 27.1. The summed E-state index contributed by atoms with van der Waals surface area (Å²) in [6.45, 7) is 2.76. The van der Waals surface area contributed by atoms with Crippen molar-refractivity contribution in [3.8, 4) is 23.2 Å². The second kappa shape index (κ2) is 12.5. The Balaban J connectivity index is 0.000000361. The van der Waals surface area contributed by atoms with Crippen molar-refractivity contribution in [3.63, 3.8) is 0 Å². The van der Waals surface area contributed by atoms with Gasteiger partial charge in [0.1, 0.15) is 34.4 Å². The number of carbonyl (C=O) groups excluding carboxylic acids is 1. The lowest BCUT2D eigenvalue weighted by Crippen LogP contribution is -2.51. The molecule has 0 spiro atoms. The van der Waals surface area contributed by atoms with E-state index < -0.39 is 40.6 Å². The SMILES string of the molecule is COc1nc(N2CCN3C(=O)CCC3C2)c2cc(C(F)(F)F)c(-c3ccc(F)c4sc(N)c(C#N)c34)c(F)c2n1.FC1CC2CCCN2C1. The molecule has 0 saturated carbocycles. The quantitative estimate of drug-likeness (QED) is 0.249. The standard InChI is InChI=1S/C26H19F5N6O2S.C7H12FN/c1-39-25-34-21-13(24(35-25)36-6-7-37-11(10-36)2-5-17(37)38)8-15(26(29,30)31)19(20(21)28)12-3-4-16(27)22-18(12)14(9-32)23(33)40-22;8-6-4-7-2-1-3-9(7)5-6/h3-4,8,11H,2,5-7,10,33H2,1H3;6-7H,1-5H2. The number of piperazine rings is 1. The van der Waals surface area contributed by atoms with Gasteiger partial charge < -0.3 is 20.3 Å². The Morgan fingerprint density at radius 3 is 2.61 bits per heavy atom. The van der Waals surface area contributed by atoms with Crippen molar-refractivity contribution in [1.82, 2.24) is 19.8 Å². The highest BCUT2D eigenvalue weighted by Gasteiger charge is 2.40. The highest BCUT2D eigenvalue weighted by molar-refractivity contribution is 7.23. The maximum Gasteiger partial charge on any atom is 0.417 e. The molecule has 3 atom stereocenters. The third kappa shape index (κ3) is 5.76. The van der Waals surface area contributed by atoms with Gasteiger partial charge in [-0.25, -0.2) is 13.2 Å². The molecular weight excluding hydrogens is 672 g/mol. The number of aromatic nitrogens is 2. The molecule has 0 bridgehead atoms. The Morgan fingerprint density at radius 2 is 1.90 bits per heavy atom. The van der Waals surface area contributed by atoms with Gasteiger partial charge in [-0.2, -0.15) is 28.4 Å². The van der Waals surface area contributed by atoms with Crippen LogP contribution in [0, 0.1) is 23.0 Å². The maximum atomic E-state index is 16.4. The number of thiophene rings is 1. The van der Waals surface area contributed by atoms with Crippen molar-refractivity contribution < 1.29 is 35.9 Å². The minimum absolute atomic E-state index is 0.0150. The van der Waals surface area contributed by atoms with Crippen molar-refractivity contribution in [2.75, 3.05) is 50.5 Å². The van der Waals surface area contributed by atoms with Gasteiger partial charge in [0.05, 0.1) is 22.9 Å². The Labute approximate surface area is 280 Å². The number of ether oxygens (including phenoxy) is 1. The van der Waals surface area contributed by atoms with E-state index in [1.807, 2.05) is 0 Å². The summed E-state index contributed by atoms with van der Waals surface area (Å²) in [5.74, 6) is -2.08. The van der Waals surface area contributed by atoms with E-state index in [1.54, 1.807) is 15.9 Å². The first kappa shape index (κ1) is 33.2. The number of nitrogen functional groups attached to an aromatic ring is 1. The number of amides is 1. The van der Waals surface area contributed by atoms with Gasteiger partial charge in [-0.05, 0) is 49.9 Å². The van der Waals surface area contributed by atoms with Crippen LogP contribution in [0.15, 0.2) is 18.2 Å². The smallest absolute Gasteiger partial charge is 0.417 e. The summed E-state index contributed by atoms with van der Waals surface area (Å²) in [5.41, 5.74) is 2.61. The summed E-state index contributed by atoms with van der Waals surface area (Å²) in [5, 5.41) is 9.13. The third-order valence-electron chi connectivity index (χ3n) is 9.83. The van der Waals surface area contributed by atoms with E-state index in [4.69, 9.17) is 10.5 Å². The van der Waals surface area contributed by atoms with Gasteiger partial charge in [-0.3, -0.25) is 9.69 Å². The van der Waals surface area contributed by atoms with Crippen LogP contribution in [0.3, 0.4) is 0 Å². The lowest BCUT2D eigenvalue weighted by molar-refractivity contribution is -0.137. The number of hydrogen-bond donors (Lipinski definition) is 1. The zero-order chi connectivity index (χ0) is 34.8. The molecule has 4 saturated heterocycles. The van der Waals surface area contributed by atoms with E-state index in [9.17, 15) is 32.0 Å². The normalized spacial score (nSPS) is 22.3. The molecule has 3 unspecified atom stereocenters. The first-order chi connectivity index (χ1) is 23.4. The molecule has 1 amide bonds. The summed E-state index contributed by atoms with van der Waals surface area (Å²) < 4.78 is 92.5. The molecule has 2 N–H and O–H groups in total. The molecule has 2 aromatic heterocycles. The lowest BCUT2D eigenvalue weighted by atomic mass is 9.92. The van der Waals surface area contributed by atoms with Crippen molar-refractivity contribution in [2.45, 2.75) is 56.5 Å². The average Bonchev–Trinajstić information content (AvgIpc) is 3.84. The Kier molecular flexibility index (Phi) is 8.46. The van der Waals surface area contributed by atoms with Crippen molar-refractivity contribution in [2.24, 2.45) is 0 Å². The summed E-state index contributed by atoms with van der Waals surface area (Å²) in [6, 6.07) is 4.67. The maximum absolute atomic E-state index is 16.4. The molecular formula is C33H31F6N7O2S.